The minimum atomic E-state index is -1.39. The molecule has 5 amide bonds. The molecule has 1 heterocycles. The Morgan fingerprint density at radius 1 is 0.940 bits per heavy atom. The van der Waals surface area contributed by atoms with Crippen molar-refractivity contribution >= 4 is 35.3 Å². The number of aliphatic hydroxyl groups excluding tert-OH is 1. The third kappa shape index (κ3) is 9.99. The molecule has 0 saturated carbocycles. The van der Waals surface area contributed by atoms with Gasteiger partial charge in [0.15, 0.2) is 5.78 Å². The van der Waals surface area contributed by atoms with Crippen LogP contribution in [0.3, 0.4) is 0 Å². The van der Waals surface area contributed by atoms with Crippen LogP contribution < -0.4 is 42.2 Å². The molecule has 0 aromatic heterocycles. The molecule has 0 saturated heterocycles. The van der Waals surface area contributed by atoms with Crippen molar-refractivity contribution in [3.63, 3.8) is 0 Å². The highest BCUT2D eigenvalue weighted by Crippen LogP contribution is 2.40. The summed E-state index contributed by atoms with van der Waals surface area (Å²) in [4.78, 5) is 79.4. The summed E-state index contributed by atoms with van der Waals surface area (Å²) >= 11 is 0. The first kappa shape index (κ1) is 39.4. The summed E-state index contributed by atoms with van der Waals surface area (Å²) in [5, 5.41) is 20.2. The number of rotatable bonds is 13. The third-order valence-electron chi connectivity index (χ3n) is 8.04. The molecule has 0 fully saturated rings. The summed E-state index contributed by atoms with van der Waals surface area (Å²) in [6.45, 7) is 5.40. The molecule has 3 rings (SSSR count). The fourth-order valence-electron chi connectivity index (χ4n) is 5.30. The zero-order valence-corrected chi connectivity index (χ0v) is 28.9. The van der Waals surface area contributed by atoms with Crippen molar-refractivity contribution in [1.82, 2.24) is 26.2 Å². The van der Waals surface area contributed by atoms with Gasteiger partial charge in [0.1, 0.15) is 48.9 Å². The Kier molecular flexibility index (Phi) is 14.2. The summed E-state index contributed by atoms with van der Waals surface area (Å²) in [6, 6.07) is 4.03. The Labute approximate surface area is 290 Å². The van der Waals surface area contributed by atoms with E-state index >= 15 is 0 Å². The first-order chi connectivity index (χ1) is 23.7. The molecule has 1 aliphatic heterocycles. The standard InChI is InChI=1S/C34H47N7O9/c1-18(20(3)43)37-32(46)26-15-22-6-8-28(49-12-10-35)24(14-22)25-16-23(7-9-29(25)50-13-11-36)30(33(47)38-19(2)31(45)40-26)41(5)34(48)27(17-42)39-21(4)44/h6-9,14,16,18-19,26-27,30,42H,10-13,15,17,35-36H2,1-5H3,(H,37,46)(H,38,47)(H,39,44)(H,40,45). The van der Waals surface area contributed by atoms with Crippen LogP contribution in [0, 0.1) is 0 Å². The third-order valence-corrected chi connectivity index (χ3v) is 8.04. The average Bonchev–Trinajstić information content (AvgIpc) is 3.07. The molecule has 0 spiro atoms. The predicted molar refractivity (Wildman–Crippen MR) is 183 cm³/mol. The quantitative estimate of drug-likeness (QED) is 0.129. The molecule has 272 valence electrons. The molecule has 4 bridgehead atoms. The molecular weight excluding hydrogens is 650 g/mol. The van der Waals surface area contributed by atoms with Crippen LogP contribution in [-0.4, -0.2) is 109 Å². The minimum Gasteiger partial charge on any atom is -0.492 e. The number of ketones is 1. The van der Waals surface area contributed by atoms with Crippen molar-refractivity contribution < 1.29 is 43.3 Å². The van der Waals surface area contributed by atoms with Crippen LogP contribution in [0.1, 0.15) is 44.9 Å². The summed E-state index contributed by atoms with van der Waals surface area (Å²) in [7, 11) is 1.33. The van der Waals surface area contributed by atoms with E-state index in [2.05, 4.69) is 21.3 Å². The maximum atomic E-state index is 14.1. The van der Waals surface area contributed by atoms with Gasteiger partial charge in [-0.2, -0.15) is 0 Å². The fourth-order valence-corrected chi connectivity index (χ4v) is 5.30. The number of nitrogens with one attached hydrogen (secondary N) is 4. The number of likely N-dealkylation sites (N-methyl/N-ethyl adjacent to an activating group) is 1. The van der Waals surface area contributed by atoms with Crippen LogP contribution in [-0.2, 0) is 35.2 Å². The lowest BCUT2D eigenvalue weighted by Gasteiger charge is -2.32. The van der Waals surface area contributed by atoms with Gasteiger partial charge in [-0.3, -0.25) is 28.8 Å². The van der Waals surface area contributed by atoms with E-state index in [1.807, 2.05) is 0 Å². The number of carbonyl (C=O) groups excluding carboxylic acids is 6. The molecule has 1 aliphatic rings. The van der Waals surface area contributed by atoms with Crippen LogP contribution in [0.5, 0.6) is 11.5 Å². The summed E-state index contributed by atoms with van der Waals surface area (Å²) in [6.07, 6.45) is -0.00270. The number of aliphatic hydroxyl groups is 1. The van der Waals surface area contributed by atoms with Gasteiger partial charge in [-0.15, -0.1) is 0 Å². The summed E-state index contributed by atoms with van der Waals surface area (Å²) in [5.41, 5.74) is 13.3. The Morgan fingerprint density at radius 3 is 2.10 bits per heavy atom. The molecule has 16 nitrogen and oxygen atoms in total. The van der Waals surface area contributed by atoms with Crippen LogP contribution in [0.2, 0.25) is 0 Å². The number of ether oxygens (including phenoxy) is 2. The highest BCUT2D eigenvalue weighted by Gasteiger charge is 2.36. The van der Waals surface area contributed by atoms with Crippen LogP contribution in [0.25, 0.3) is 11.1 Å². The number of nitrogens with two attached hydrogens (primary N) is 2. The van der Waals surface area contributed by atoms with E-state index in [-0.39, 0.29) is 38.5 Å². The first-order valence-electron chi connectivity index (χ1n) is 16.2. The zero-order valence-electron chi connectivity index (χ0n) is 28.9. The van der Waals surface area contributed by atoms with Gasteiger partial charge in [-0.25, -0.2) is 0 Å². The van der Waals surface area contributed by atoms with Crippen molar-refractivity contribution in [3.8, 4) is 22.6 Å². The van der Waals surface area contributed by atoms with E-state index in [0.29, 0.717) is 33.8 Å². The molecule has 16 heteroatoms. The topological polar surface area (TPSA) is 245 Å². The van der Waals surface area contributed by atoms with E-state index < -0.39 is 66.4 Å². The molecule has 9 N–H and O–H groups in total. The van der Waals surface area contributed by atoms with Crippen LogP contribution >= 0.6 is 0 Å². The predicted octanol–water partition coefficient (Wildman–Crippen LogP) is -1.34. The Morgan fingerprint density at radius 2 is 1.54 bits per heavy atom. The number of Topliss-reactive ketones (excluding diaryl/α,β-unsaturated/α-hetero) is 1. The highest BCUT2D eigenvalue weighted by molar-refractivity contribution is 5.97. The van der Waals surface area contributed by atoms with Gasteiger partial charge in [0.2, 0.25) is 29.5 Å². The average molecular weight is 698 g/mol. The molecule has 2 aromatic carbocycles. The van der Waals surface area contributed by atoms with Crippen LogP contribution in [0.15, 0.2) is 36.4 Å². The molecule has 2 aromatic rings. The van der Waals surface area contributed by atoms with E-state index in [9.17, 15) is 33.9 Å². The maximum absolute atomic E-state index is 14.1. The largest absolute Gasteiger partial charge is 0.492 e. The van der Waals surface area contributed by atoms with Crippen molar-refractivity contribution in [2.75, 3.05) is 40.0 Å². The van der Waals surface area contributed by atoms with Crippen LogP contribution in [0.4, 0.5) is 0 Å². The Hall–Kier alpha value is -5.06. The van der Waals surface area contributed by atoms with E-state index in [0.717, 1.165) is 4.90 Å². The normalized spacial score (nSPS) is 18.7. The van der Waals surface area contributed by atoms with Gasteiger partial charge in [-0.05, 0) is 56.2 Å². The molecule has 0 radical (unpaired) electrons. The van der Waals surface area contributed by atoms with E-state index in [4.69, 9.17) is 20.9 Å². The number of nitrogens with zero attached hydrogens (tertiary/aromatic N) is 1. The van der Waals surface area contributed by atoms with Gasteiger partial charge < -0.3 is 52.2 Å². The molecule has 5 unspecified atom stereocenters. The SMILES string of the molecule is CC(=O)NC(CO)C(=O)N(C)C1C(=O)NC(C)C(=O)NC(C(=O)NC(C)C(C)=O)Cc2ccc(OCCN)c(c2)-c2cc1ccc2OCCN. The van der Waals surface area contributed by atoms with Gasteiger partial charge in [-0.1, -0.05) is 12.1 Å². The van der Waals surface area contributed by atoms with Gasteiger partial charge in [0.25, 0.3) is 0 Å². The molecule has 50 heavy (non-hydrogen) atoms. The summed E-state index contributed by atoms with van der Waals surface area (Å²) in [5.74, 6) is -2.99. The van der Waals surface area contributed by atoms with E-state index in [1.165, 1.54) is 34.7 Å². The highest BCUT2D eigenvalue weighted by atomic mass is 16.5. The lowest BCUT2D eigenvalue weighted by molar-refractivity contribution is -0.143. The van der Waals surface area contributed by atoms with Gasteiger partial charge >= 0.3 is 0 Å². The van der Waals surface area contributed by atoms with Gasteiger partial charge in [0.05, 0.1) is 12.6 Å². The molecular formula is C34H47N7O9. The lowest BCUT2D eigenvalue weighted by atomic mass is 9.93. The number of hydrogen-bond donors (Lipinski definition) is 7. The van der Waals surface area contributed by atoms with Crippen molar-refractivity contribution in [3.05, 3.63) is 47.5 Å². The number of carbonyl (C=O) groups is 6. The molecule has 0 aliphatic carbocycles. The number of hydrogen-bond acceptors (Lipinski definition) is 11. The maximum Gasteiger partial charge on any atom is 0.248 e. The number of fused-ring (bicyclic) bond motifs is 5. The number of amides is 5. The summed E-state index contributed by atoms with van der Waals surface area (Å²) < 4.78 is 12.0. The Bertz CT molecular complexity index is 1580. The minimum absolute atomic E-state index is 0.00270. The number of benzene rings is 2. The Balaban J connectivity index is 2.31. The van der Waals surface area contributed by atoms with Gasteiger partial charge in [0, 0.05) is 44.6 Å². The van der Waals surface area contributed by atoms with Crippen molar-refractivity contribution in [2.24, 2.45) is 11.5 Å². The second-order valence-corrected chi connectivity index (χ2v) is 12.0. The second kappa shape index (κ2) is 18.1. The second-order valence-electron chi connectivity index (χ2n) is 12.0. The van der Waals surface area contributed by atoms with E-state index in [1.54, 1.807) is 36.4 Å². The van der Waals surface area contributed by atoms with Crippen molar-refractivity contribution in [1.29, 1.82) is 0 Å². The smallest absolute Gasteiger partial charge is 0.248 e. The first-order valence-corrected chi connectivity index (χ1v) is 16.2. The van der Waals surface area contributed by atoms with Crippen molar-refractivity contribution in [2.45, 2.75) is 64.3 Å². The zero-order chi connectivity index (χ0) is 37.1. The fraction of sp³-hybridized carbons (Fsp3) is 0.471. The lowest BCUT2D eigenvalue weighted by Crippen LogP contribution is -2.57. The molecule has 5 atom stereocenters. The monoisotopic (exact) mass is 697 g/mol.